The van der Waals surface area contributed by atoms with Crippen LogP contribution in [-0.2, 0) is 6.54 Å². The zero-order valence-electron chi connectivity index (χ0n) is 12.1. The van der Waals surface area contributed by atoms with Crippen LogP contribution in [0.25, 0.3) is 0 Å². The van der Waals surface area contributed by atoms with Crippen LogP contribution >= 0.6 is 58.5 Å². The summed E-state index contributed by atoms with van der Waals surface area (Å²) in [4.78, 5) is 9.68. The van der Waals surface area contributed by atoms with Crippen LogP contribution in [0.15, 0.2) is 29.4 Å². The Balaban J connectivity index is 0.00000242. The Kier molecular flexibility index (Phi) is 7.88. The van der Waals surface area contributed by atoms with Crippen LogP contribution in [0.4, 0.5) is 0 Å². The Morgan fingerprint density at radius 1 is 1.45 bits per heavy atom. The van der Waals surface area contributed by atoms with E-state index in [1.165, 1.54) is 0 Å². The minimum absolute atomic E-state index is 0. The Hall–Kier alpha value is -0.570. The second-order valence-electron chi connectivity index (χ2n) is 4.60. The number of hydrogen-bond donors (Lipinski definition) is 2. The molecule has 8 heteroatoms. The average molecular weight is 471 g/mol. The van der Waals surface area contributed by atoms with Crippen molar-refractivity contribution in [1.82, 2.24) is 10.3 Å². The number of aliphatic imine (C=N–C) groups is 1. The van der Waals surface area contributed by atoms with E-state index < -0.39 is 0 Å². The van der Waals surface area contributed by atoms with Gasteiger partial charge in [0.25, 0.3) is 0 Å². The van der Waals surface area contributed by atoms with Gasteiger partial charge in [0.2, 0.25) is 0 Å². The molecule has 0 saturated carbocycles. The summed E-state index contributed by atoms with van der Waals surface area (Å²) >= 11 is 13.7. The molecule has 1 aromatic heterocycles. The highest BCUT2D eigenvalue weighted by molar-refractivity contribution is 14.0. The summed E-state index contributed by atoms with van der Waals surface area (Å²) < 4.78 is 0. The van der Waals surface area contributed by atoms with E-state index in [-0.39, 0.29) is 30.0 Å². The topological polar surface area (TPSA) is 63.3 Å². The predicted molar refractivity (Wildman–Crippen MR) is 106 cm³/mol. The molecule has 0 aliphatic rings. The summed E-state index contributed by atoms with van der Waals surface area (Å²) in [5.74, 6) is 0.362. The number of nitrogens with one attached hydrogen (secondary N) is 1. The van der Waals surface area contributed by atoms with Crippen molar-refractivity contribution in [3.05, 3.63) is 49.9 Å². The van der Waals surface area contributed by atoms with E-state index in [9.17, 15) is 0 Å². The fourth-order valence-corrected chi connectivity index (χ4v) is 3.11. The molecule has 0 amide bonds. The molecule has 1 aromatic carbocycles. The fourth-order valence-electron chi connectivity index (χ4n) is 1.83. The molecule has 1 atom stereocenters. The lowest BCUT2D eigenvalue weighted by molar-refractivity contribution is 0.708. The van der Waals surface area contributed by atoms with Crippen molar-refractivity contribution in [2.75, 3.05) is 0 Å². The number of hydrogen-bond acceptors (Lipinski definition) is 3. The molecule has 1 unspecified atom stereocenters. The number of thiazole rings is 1. The van der Waals surface area contributed by atoms with Crippen molar-refractivity contribution in [2.45, 2.75) is 26.4 Å². The smallest absolute Gasteiger partial charge is 0.189 e. The van der Waals surface area contributed by atoms with E-state index in [1.807, 2.05) is 26.1 Å². The molecule has 2 rings (SSSR count). The number of guanidine groups is 1. The molecule has 0 aliphatic heterocycles. The monoisotopic (exact) mass is 470 g/mol. The van der Waals surface area contributed by atoms with Gasteiger partial charge in [0.15, 0.2) is 5.96 Å². The van der Waals surface area contributed by atoms with Crippen molar-refractivity contribution in [3.8, 4) is 0 Å². The van der Waals surface area contributed by atoms with Crippen molar-refractivity contribution in [3.63, 3.8) is 0 Å². The Labute approximate surface area is 161 Å². The quantitative estimate of drug-likeness (QED) is 0.391. The van der Waals surface area contributed by atoms with Crippen molar-refractivity contribution in [2.24, 2.45) is 10.7 Å². The maximum Gasteiger partial charge on any atom is 0.189 e. The molecular formula is C14H17Cl2IN4S. The van der Waals surface area contributed by atoms with Gasteiger partial charge in [0.1, 0.15) is 5.01 Å². The molecular weight excluding hydrogens is 454 g/mol. The number of aromatic nitrogens is 1. The molecule has 2 aromatic rings. The molecule has 0 bridgehead atoms. The first-order valence-electron chi connectivity index (χ1n) is 6.38. The summed E-state index contributed by atoms with van der Waals surface area (Å²) in [5.41, 5.74) is 6.81. The normalized spacial score (nSPS) is 12.6. The molecule has 0 fully saturated rings. The number of aryl methyl sites for hydroxylation is 1. The van der Waals surface area contributed by atoms with E-state index >= 15 is 0 Å². The first kappa shape index (κ1) is 19.5. The van der Waals surface area contributed by atoms with Gasteiger partial charge in [-0.2, -0.15) is 0 Å². The lowest BCUT2D eigenvalue weighted by Crippen LogP contribution is -2.33. The van der Waals surface area contributed by atoms with Crippen LogP contribution in [0.5, 0.6) is 0 Å². The predicted octanol–water partition coefficient (Wildman–Crippen LogP) is 4.54. The van der Waals surface area contributed by atoms with Crippen LogP contribution in [0.2, 0.25) is 10.0 Å². The SMILES string of the molecule is Cc1cnc(CN=C(N)NC(C)c2ccc(Cl)cc2Cl)s1.I. The fraction of sp³-hybridized carbons (Fsp3) is 0.286. The summed E-state index contributed by atoms with van der Waals surface area (Å²) in [7, 11) is 0. The minimum atomic E-state index is -0.0588. The van der Waals surface area contributed by atoms with E-state index in [0.29, 0.717) is 22.5 Å². The molecule has 4 nitrogen and oxygen atoms in total. The summed E-state index contributed by atoms with van der Waals surface area (Å²) in [5, 5.41) is 5.26. The number of benzene rings is 1. The zero-order chi connectivity index (χ0) is 15.4. The molecule has 3 N–H and O–H groups in total. The average Bonchev–Trinajstić information content (AvgIpc) is 2.82. The van der Waals surface area contributed by atoms with Crippen LogP contribution < -0.4 is 11.1 Å². The second kappa shape index (κ2) is 8.90. The van der Waals surface area contributed by atoms with Gasteiger partial charge in [0, 0.05) is 21.1 Å². The third kappa shape index (κ3) is 5.57. The lowest BCUT2D eigenvalue weighted by atomic mass is 10.1. The Morgan fingerprint density at radius 3 is 2.77 bits per heavy atom. The van der Waals surface area contributed by atoms with Crippen molar-refractivity contribution >= 4 is 64.5 Å². The van der Waals surface area contributed by atoms with Gasteiger partial charge in [-0.1, -0.05) is 29.3 Å². The van der Waals surface area contributed by atoms with E-state index in [2.05, 4.69) is 15.3 Å². The van der Waals surface area contributed by atoms with Gasteiger partial charge in [-0.15, -0.1) is 35.3 Å². The molecule has 0 saturated heterocycles. The highest BCUT2D eigenvalue weighted by Gasteiger charge is 2.10. The molecule has 0 aliphatic carbocycles. The second-order valence-corrected chi connectivity index (χ2v) is 6.76. The molecule has 22 heavy (non-hydrogen) atoms. The Morgan fingerprint density at radius 2 is 2.18 bits per heavy atom. The van der Waals surface area contributed by atoms with Crippen LogP contribution in [0, 0.1) is 6.92 Å². The summed E-state index contributed by atoms with van der Waals surface area (Å²) in [6.07, 6.45) is 1.83. The zero-order valence-corrected chi connectivity index (χ0v) is 16.8. The molecule has 0 spiro atoms. The standard InChI is InChI=1S/C14H16Cl2N4S.HI/c1-8-6-18-13(21-8)7-19-14(17)20-9(2)11-4-3-10(15)5-12(11)16;/h3-6,9H,7H2,1-2H3,(H3,17,19,20);1H. The first-order chi connectivity index (χ1) is 9.95. The Bertz CT molecular complexity index is 660. The van der Waals surface area contributed by atoms with Crippen molar-refractivity contribution < 1.29 is 0 Å². The van der Waals surface area contributed by atoms with E-state index in [4.69, 9.17) is 28.9 Å². The van der Waals surface area contributed by atoms with Crippen molar-refractivity contribution in [1.29, 1.82) is 0 Å². The van der Waals surface area contributed by atoms with Gasteiger partial charge < -0.3 is 11.1 Å². The van der Waals surface area contributed by atoms with Gasteiger partial charge in [-0.3, -0.25) is 0 Å². The molecule has 1 heterocycles. The maximum absolute atomic E-state index is 6.17. The largest absolute Gasteiger partial charge is 0.370 e. The van der Waals surface area contributed by atoms with Crippen LogP contribution in [0.1, 0.15) is 28.4 Å². The lowest BCUT2D eigenvalue weighted by Gasteiger charge is -2.16. The third-order valence-corrected chi connectivity index (χ3v) is 4.31. The number of rotatable bonds is 4. The van der Waals surface area contributed by atoms with Crippen LogP contribution in [0.3, 0.4) is 0 Å². The number of nitrogens with zero attached hydrogens (tertiary/aromatic N) is 2. The summed E-state index contributed by atoms with van der Waals surface area (Å²) in [6.45, 7) is 4.44. The third-order valence-electron chi connectivity index (χ3n) is 2.85. The summed E-state index contributed by atoms with van der Waals surface area (Å²) in [6, 6.07) is 5.32. The van der Waals surface area contributed by atoms with E-state index in [0.717, 1.165) is 15.4 Å². The highest BCUT2D eigenvalue weighted by atomic mass is 127. The van der Waals surface area contributed by atoms with E-state index in [1.54, 1.807) is 23.5 Å². The van der Waals surface area contributed by atoms with Gasteiger partial charge in [-0.05, 0) is 31.5 Å². The number of nitrogens with two attached hydrogens (primary N) is 1. The van der Waals surface area contributed by atoms with Gasteiger partial charge in [-0.25, -0.2) is 9.98 Å². The minimum Gasteiger partial charge on any atom is -0.370 e. The number of halogens is 3. The van der Waals surface area contributed by atoms with Crippen LogP contribution in [-0.4, -0.2) is 10.9 Å². The molecule has 0 radical (unpaired) electrons. The first-order valence-corrected chi connectivity index (χ1v) is 7.95. The molecule has 120 valence electrons. The maximum atomic E-state index is 6.17. The highest BCUT2D eigenvalue weighted by Crippen LogP contribution is 2.25. The van der Waals surface area contributed by atoms with Gasteiger partial charge in [0.05, 0.1) is 12.6 Å². The van der Waals surface area contributed by atoms with Gasteiger partial charge >= 0.3 is 0 Å².